The Kier molecular flexibility index (Phi) is 3.76. The van der Waals surface area contributed by atoms with Crippen LogP contribution in [0.5, 0.6) is 0 Å². The Bertz CT molecular complexity index is 391. The molecule has 18 heavy (non-hydrogen) atoms. The van der Waals surface area contributed by atoms with Crippen molar-refractivity contribution in [3.8, 4) is 0 Å². The minimum absolute atomic E-state index is 0.428. The smallest absolute Gasteiger partial charge is 0.0717 e. The molecular weight excluding hydrogens is 288 g/mol. The van der Waals surface area contributed by atoms with Crippen LogP contribution in [0.15, 0.2) is 30.3 Å². The van der Waals surface area contributed by atoms with Crippen LogP contribution in [-0.2, 0) is 11.3 Å². The van der Waals surface area contributed by atoms with E-state index >= 15 is 0 Å². The van der Waals surface area contributed by atoms with Crippen LogP contribution in [0, 0.1) is 17.3 Å². The highest BCUT2D eigenvalue weighted by Gasteiger charge is 2.50. The lowest BCUT2D eigenvalue weighted by Crippen LogP contribution is -2.34. The molecule has 2 bridgehead atoms. The maximum absolute atomic E-state index is 6.02. The molecule has 2 saturated carbocycles. The third kappa shape index (κ3) is 2.37. The molecular formula is C16H21BrO. The van der Waals surface area contributed by atoms with E-state index in [4.69, 9.17) is 4.74 Å². The summed E-state index contributed by atoms with van der Waals surface area (Å²) in [4.78, 5) is 0. The number of hydrogen-bond acceptors (Lipinski definition) is 1. The Labute approximate surface area is 118 Å². The topological polar surface area (TPSA) is 9.23 Å². The predicted octanol–water partition coefficient (Wildman–Crippen LogP) is 4.40. The first-order valence-corrected chi connectivity index (χ1v) is 8.12. The normalized spacial score (nSPS) is 34.1. The Hall–Kier alpha value is -0.340. The molecule has 1 nitrogen and oxygen atoms in total. The lowest BCUT2D eigenvalue weighted by Gasteiger charge is -2.36. The molecule has 0 spiro atoms. The van der Waals surface area contributed by atoms with Crippen LogP contribution in [-0.4, -0.2) is 11.9 Å². The van der Waals surface area contributed by atoms with Crippen molar-refractivity contribution in [2.45, 2.75) is 32.3 Å². The molecule has 0 aromatic heterocycles. The first-order valence-electron chi connectivity index (χ1n) is 7.00. The van der Waals surface area contributed by atoms with Crippen LogP contribution in [0.3, 0.4) is 0 Å². The molecule has 0 radical (unpaired) electrons. The van der Waals surface area contributed by atoms with E-state index in [9.17, 15) is 0 Å². The van der Waals surface area contributed by atoms with Crippen LogP contribution >= 0.6 is 15.9 Å². The average Bonchev–Trinajstić information content (AvgIpc) is 3.01. The number of benzene rings is 1. The summed E-state index contributed by atoms with van der Waals surface area (Å²) in [7, 11) is 0. The minimum atomic E-state index is 0.428. The van der Waals surface area contributed by atoms with Gasteiger partial charge in [-0.15, -0.1) is 0 Å². The van der Waals surface area contributed by atoms with Gasteiger partial charge in [-0.2, -0.15) is 0 Å². The molecule has 2 aliphatic carbocycles. The van der Waals surface area contributed by atoms with Crippen molar-refractivity contribution in [1.82, 2.24) is 0 Å². The lowest BCUT2D eigenvalue weighted by atomic mass is 9.75. The second-order valence-corrected chi connectivity index (χ2v) is 6.62. The van der Waals surface area contributed by atoms with E-state index in [0.717, 1.165) is 30.4 Å². The second-order valence-electron chi connectivity index (χ2n) is 6.05. The Balaban J connectivity index is 1.56. The van der Waals surface area contributed by atoms with Gasteiger partial charge in [-0.25, -0.2) is 0 Å². The van der Waals surface area contributed by atoms with Gasteiger partial charge in [-0.05, 0) is 36.7 Å². The highest BCUT2D eigenvalue weighted by molar-refractivity contribution is 9.09. The summed E-state index contributed by atoms with van der Waals surface area (Å²) in [6.07, 6.45) is 5.70. The molecule has 3 unspecified atom stereocenters. The second kappa shape index (κ2) is 5.34. The zero-order valence-electron chi connectivity index (χ0n) is 10.8. The maximum Gasteiger partial charge on any atom is 0.0717 e. The number of halogens is 1. The molecule has 1 aromatic carbocycles. The van der Waals surface area contributed by atoms with Crippen molar-refractivity contribution in [2.24, 2.45) is 17.3 Å². The molecule has 0 heterocycles. The van der Waals surface area contributed by atoms with Crippen molar-refractivity contribution in [3.05, 3.63) is 35.9 Å². The molecule has 0 amide bonds. The lowest BCUT2D eigenvalue weighted by molar-refractivity contribution is 0.0155. The molecule has 0 N–H and O–H groups in total. The van der Waals surface area contributed by atoms with E-state index in [1.54, 1.807) is 0 Å². The zero-order valence-corrected chi connectivity index (χ0v) is 12.4. The van der Waals surface area contributed by atoms with Gasteiger partial charge in [-0.3, -0.25) is 0 Å². The molecule has 98 valence electrons. The summed E-state index contributed by atoms with van der Waals surface area (Å²) < 4.78 is 6.02. The van der Waals surface area contributed by atoms with E-state index in [0.29, 0.717) is 5.41 Å². The van der Waals surface area contributed by atoms with Crippen molar-refractivity contribution >= 4 is 15.9 Å². The van der Waals surface area contributed by atoms with Crippen LogP contribution in [0.1, 0.15) is 31.2 Å². The fourth-order valence-corrected chi connectivity index (χ4v) is 4.73. The molecule has 3 rings (SSSR count). The third-order valence-electron chi connectivity index (χ3n) is 4.87. The van der Waals surface area contributed by atoms with Crippen molar-refractivity contribution in [3.63, 3.8) is 0 Å². The van der Waals surface area contributed by atoms with E-state index in [-0.39, 0.29) is 0 Å². The van der Waals surface area contributed by atoms with Gasteiger partial charge in [-0.1, -0.05) is 52.7 Å². The van der Waals surface area contributed by atoms with Crippen molar-refractivity contribution < 1.29 is 4.74 Å². The predicted molar refractivity (Wildman–Crippen MR) is 77.8 cm³/mol. The minimum Gasteiger partial charge on any atom is -0.376 e. The molecule has 2 fully saturated rings. The summed E-state index contributed by atoms with van der Waals surface area (Å²) in [6, 6.07) is 10.5. The van der Waals surface area contributed by atoms with Gasteiger partial charge in [0.25, 0.3) is 0 Å². The molecule has 0 saturated heterocycles. The molecule has 3 atom stereocenters. The number of hydrogen-bond donors (Lipinski definition) is 0. The zero-order chi connectivity index (χ0) is 12.4. The van der Waals surface area contributed by atoms with Gasteiger partial charge in [0.15, 0.2) is 0 Å². The molecule has 0 aliphatic heterocycles. The quantitative estimate of drug-likeness (QED) is 0.732. The highest BCUT2D eigenvalue weighted by atomic mass is 79.9. The number of rotatable bonds is 5. The van der Waals surface area contributed by atoms with E-state index < -0.39 is 0 Å². The van der Waals surface area contributed by atoms with Crippen LogP contribution in [0.2, 0.25) is 0 Å². The SMILES string of the molecule is BrCC1(COCc2ccccc2)CC2CCC1C2. The van der Waals surface area contributed by atoms with E-state index in [2.05, 4.69) is 46.3 Å². The summed E-state index contributed by atoms with van der Waals surface area (Å²) in [5.74, 6) is 1.88. The summed E-state index contributed by atoms with van der Waals surface area (Å²) in [6.45, 7) is 1.68. The van der Waals surface area contributed by atoms with E-state index in [1.165, 1.54) is 31.2 Å². The standard InChI is InChI=1S/C16H21BrO/c17-11-16(9-14-6-7-15(16)8-14)12-18-10-13-4-2-1-3-5-13/h1-5,14-15H,6-12H2. The largest absolute Gasteiger partial charge is 0.376 e. The average molecular weight is 309 g/mol. The Morgan fingerprint density at radius 1 is 1.22 bits per heavy atom. The maximum atomic E-state index is 6.02. The highest BCUT2D eigenvalue weighted by Crippen LogP contribution is 2.56. The van der Waals surface area contributed by atoms with Gasteiger partial charge in [0, 0.05) is 10.7 Å². The van der Waals surface area contributed by atoms with E-state index in [1.807, 2.05) is 0 Å². The van der Waals surface area contributed by atoms with Gasteiger partial charge < -0.3 is 4.74 Å². The van der Waals surface area contributed by atoms with Crippen molar-refractivity contribution in [2.75, 3.05) is 11.9 Å². The number of ether oxygens (including phenoxy) is 1. The van der Waals surface area contributed by atoms with Gasteiger partial charge >= 0.3 is 0 Å². The summed E-state index contributed by atoms with van der Waals surface area (Å²) >= 11 is 3.74. The first-order chi connectivity index (χ1) is 8.82. The monoisotopic (exact) mass is 308 g/mol. The molecule has 1 aromatic rings. The van der Waals surface area contributed by atoms with Crippen LogP contribution in [0.25, 0.3) is 0 Å². The Morgan fingerprint density at radius 3 is 2.67 bits per heavy atom. The van der Waals surface area contributed by atoms with Crippen LogP contribution in [0.4, 0.5) is 0 Å². The molecule has 2 heteroatoms. The number of alkyl halides is 1. The van der Waals surface area contributed by atoms with Gasteiger partial charge in [0.05, 0.1) is 13.2 Å². The van der Waals surface area contributed by atoms with Crippen LogP contribution < -0.4 is 0 Å². The fourth-order valence-electron chi connectivity index (χ4n) is 3.88. The summed E-state index contributed by atoms with van der Waals surface area (Å²) in [5.41, 5.74) is 1.71. The third-order valence-corrected chi connectivity index (χ3v) is 5.99. The Morgan fingerprint density at radius 2 is 2.06 bits per heavy atom. The fraction of sp³-hybridized carbons (Fsp3) is 0.625. The van der Waals surface area contributed by atoms with Gasteiger partial charge in [0.2, 0.25) is 0 Å². The first kappa shape index (κ1) is 12.7. The summed E-state index contributed by atoms with van der Waals surface area (Å²) in [5, 5.41) is 1.11. The number of fused-ring (bicyclic) bond motifs is 2. The molecule has 2 aliphatic rings. The van der Waals surface area contributed by atoms with Crippen molar-refractivity contribution in [1.29, 1.82) is 0 Å². The van der Waals surface area contributed by atoms with Gasteiger partial charge in [0.1, 0.15) is 0 Å².